The lowest BCUT2D eigenvalue weighted by Gasteiger charge is -2.62. The molecule has 4 unspecified atom stereocenters. The first-order chi connectivity index (χ1) is 32.7. The van der Waals surface area contributed by atoms with Crippen molar-refractivity contribution in [3.05, 3.63) is 57.7 Å². The molecule has 2 saturated heterocycles. The van der Waals surface area contributed by atoms with Crippen LogP contribution in [0, 0.1) is 40.3 Å². The number of ketones is 2. The molecule has 1 aromatic carbocycles. The minimum absolute atomic E-state index is 0.0828. The molecule has 0 radical (unpaired) electrons. The molecule has 7 aliphatic rings. The van der Waals surface area contributed by atoms with E-state index in [0.717, 1.165) is 18.9 Å². The van der Waals surface area contributed by atoms with Crippen LogP contribution in [0.5, 0.6) is 5.75 Å². The van der Waals surface area contributed by atoms with Crippen LogP contribution in [-0.2, 0) is 38.1 Å². The summed E-state index contributed by atoms with van der Waals surface area (Å²) in [6, 6.07) is 0.532. The predicted octanol–water partition coefficient (Wildman–Crippen LogP) is 4.20. The van der Waals surface area contributed by atoms with E-state index in [4.69, 9.17) is 23.7 Å². The van der Waals surface area contributed by atoms with Crippen molar-refractivity contribution in [3.8, 4) is 5.75 Å². The number of esters is 2. The first-order valence-electron chi connectivity index (χ1n) is 23.5. The Morgan fingerprint density at radius 2 is 1.68 bits per heavy atom. The Balaban J connectivity index is 0.752. The van der Waals surface area contributed by atoms with Crippen molar-refractivity contribution in [2.24, 2.45) is 34.5 Å². The highest BCUT2D eigenvalue weighted by Gasteiger charge is 2.75. The maximum absolute atomic E-state index is 17.5. The summed E-state index contributed by atoms with van der Waals surface area (Å²) in [5.41, 5.74) is -7.05. The van der Waals surface area contributed by atoms with E-state index in [0.29, 0.717) is 49.9 Å². The van der Waals surface area contributed by atoms with Gasteiger partial charge in [-0.2, -0.15) is 0 Å². The molecule has 4 saturated carbocycles. The summed E-state index contributed by atoms with van der Waals surface area (Å²) in [4.78, 5) is 92.8. The molecule has 10 atom stereocenters. The molecule has 20 heteroatoms. The number of aliphatic hydroxyl groups is 2. The largest absolute Gasteiger partial charge is 0.492 e. The Hall–Kier alpha value is -5.73. The van der Waals surface area contributed by atoms with Crippen molar-refractivity contribution in [2.45, 2.75) is 102 Å². The smallest absolute Gasteiger partial charge is 0.412 e. The minimum Gasteiger partial charge on any atom is -0.492 e. The second-order valence-electron chi connectivity index (χ2n) is 20.3. The van der Waals surface area contributed by atoms with Crippen LogP contribution < -0.4 is 15.1 Å². The van der Waals surface area contributed by atoms with Crippen LogP contribution in [0.2, 0.25) is 0 Å². The number of amides is 1. The van der Waals surface area contributed by atoms with E-state index in [1.807, 2.05) is 0 Å². The van der Waals surface area contributed by atoms with Gasteiger partial charge in [-0.3, -0.25) is 14.4 Å². The SMILES string of the molecule is COc1c(N2CC3CCCN(C(=O)OCOC(=O)COCC(=O)OCC(=O)[C@@]4(O)[C@H](C)CC5C6CCC7=CC(=O)C=C[C@]7(C)[C@@]6(F)[C@@H](O)C[C@@]54C)C3C2)c(F)cc2c(=O)c(C(=O)O)cn(C3CC3)c12. The number of likely N-dealkylation sites (tertiary alicyclic amines) is 1. The number of carboxylic acids is 1. The second kappa shape index (κ2) is 17.6. The molecule has 9 rings (SSSR count). The number of allylic oxidation sites excluding steroid dienone is 4. The lowest BCUT2D eigenvalue weighted by atomic mass is 9.44. The van der Waals surface area contributed by atoms with Gasteiger partial charge < -0.3 is 53.4 Å². The van der Waals surface area contributed by atoms with E-state index >= 15 is 8.78 Å². The number of carbonyl (C=O) groups is 6. The van der Waals surface area contributed by atoms with Gasteiger partial charge in [-0.05, 0) is 94.3 Å². The fourth-order valence-electron chi connectivity index (χ4n) is 13.2. The highest BCUT2D eigenvalue weighted by Crippen LogP contribution is 2.70. The lowest BCUT2D eigenvalue weighted by molar-refractivity contribution is -0.220. The van der Waals surface area contributed by atoms with Crippen LogP contribution in [0.4, 0.5) is 19.3 Å². The molecule has 1 amide bonds. The summed E-state index contributed by atoms with van der Waals surface area (Å²) >= 11 is 0. The first-order valence-corrected chi connectivity index (χ1v) is 23.5. The van der Waals surface area contributed by atoms with Crippen LogP contribution in [0.25, 0.3) is 10.9 Å². The number of aliphatic hydroxyl groups excluding tert-OH is 1. The summed E-state index contributed by atoms with van der Waals surface area (Å²) < 4.78 is 61.5. The number of ether oxygens (including phenoxy) is 5. The quantitative estimate of drug-likeness (QED) is 0.188. The summed E-state index contributed by atoms with van der Waals surface area (Å²) in [5, 5.41) is 33.3. The molecule has 372 valence electrons. The average molecular weight is 966 g/mol. The lowest BCUT2D eigenvalue weighted by Crippen LogP contribution is -2.69. The van der Waals surface area contributed by atoms with Gasteiger partial charge in [0.05, 0.1) is 30.2 Å². The van der Waals surface area contributed by atoms with Crippen LogP contribution in [-0.4, -0.2) is 137 Å². The standard InChI is InChI=1S/C49H57F2N3O15/c1-25-14-33-32-10-7-27-15-29(55)11-12-46(27,2)48(32,51)36(56)17-47(33,3)49(25,64)37(57)21-67-38(58)22-66-23-39(59)68-24-69-45(63)53-13-5-6-26-18-52(20-35(26)53)41-34(50)16-30-40(43(41)65-4)54(28-8-9-28)19-31(42(30)60)44(61)62/h11-12,15-16,19,25-26,28,32-33,35-36,56,64H,5-10,13-14,17-18,20-24H2,1-4H3,(H,61,62)/t25-,26?,32?,33?,35?,36+,46+,47+,48+,49+/m1/s1. The normalized spacial score (nSPS) is 33.4. The maximum Gasteiger partial charge on any atom is 0.412 e. The number of aromatic nitrogens is 1. The van der Waals surface area contributed by atoms with Crippen LogP contribution in [0.3, 0.4) is 0 Å². The molecular formula is C49H57F2N3O15. The molecule has 2 aliphatic heterocycles. The Kier molecular flexibility index (Phi) is 12.3. The summed E-state index contributed by atoms with van der Waals surface area (Å²) in [5.74, 6) is -7.22. The number of rotatable bonds is 13. The molecule has 0 spiro atoms. The molecule has 0 bridgehead atoms. The van der Waals surface area contributed by atoms with Crippen LogP contribution >= 0.6 is 0 Å². The van der Waals surface area contributed by atoms with Crippen molar-refractivity contribution < 1.29 is 76.6 Å². The second-order valence-corrected chi connectivity index (χ2v) is 20.3. The van der Waals surface area contributed by atoms with E-state index < -0.39 is 125 Å². The van der Waals surface area contributed by atoms with Crippen molar-refractivity contribution in [1.29, 1.82) is 0 Å². The number of carbonyl (C=O) groups excluding carboxylic acids is 5. The number of hydrogen-bond donors (Lipinski definition) is 3. The topological polar surface area (TPSA) is 238 Å². The summed E-state index contributed by atoms with van der Waals surface area (Å²) in [6.45, 7) is 2.69. The van der Waals surface area contributed by atoms with Crippen molar-refractivity contribution in [3.63, 3.8) is 0 Å². The maximum atomic E-state index is 17.5. The first kappa shape index (κ1) is 48.3. The number of carboxylic acid groups (broad SMARTS) is 1. The molecule has 3 N–H and O–H groups in total. The van der Waals surface area contributed by atoms with Gasteiger partial charge in [0, 0.05) is 48.6 Å². The third-order valence-corrected chi connectivity index (χ3v) is 16.8. The number of alkyl halides is 1. The van der Waals surface area contributed by atoms with Gasteiger partial charge in [-0.15, -0.1) is 0 Å². The van der Waals surface area contributed by atoms with E-state index in [2.05, 4.69) is 0 Å². The molecule has 6 fully saturated rings. The third-order valence-electron chi connectivity index (χ3n) is 16.8. The summed E-state index contributed by atoms with van der Waals surface area (Å²) in [7, 11) is 1.35. The third kappa shape index (κ3) is 7.62. The molecule has 2 aromatic rings. The van der Waals surface area contributed by atoms with Gasteiger partial charge >= 0.3 is 24.0 Å². The Morgan fingerprint density at radius 3 is 2.38 bits per heavy atom. The number of hydrogen-bond acceptors (Lipinski definition) is 15. The van der Waals surface area contributed by atoms with Gasteiger partial charge in [0.2, 0.25) is 18.0 Å². The zero-order valence-electron chi connectivity index (χ0n) is 38.9. The van der Waals surface area contributed by atoms with Crippen molar-refractivity contribution in [2.75, 3.05) is 58.3 Å². The zero-order chi connectivity index (χ0) is 49.5. The van der Waals surface area contributed by atoms with E-state index in [-0.39, 0.29) is 54.0 Å². The van der Waals surface area contributed by atoms with Crippen LogP contribution in [0.15, 0.2) is 40.9 Å². The summed E-state index contributed by atoms with van der Waals surface area (Å²) in [6.07, 6.45) is 6.77. The molecule has 1 aromatic heterocycles. The molecule has 3 heterocycles. The van der Waals surface area contributed by atoms with E-state index in [1.54, 1.807) is 30.2 Å². The van der Waals surface area contributed by atoms with E-state index in [1.165, 1.54) is 36.4 Å². The van der Waals surface area contributed by atoms with Crippen molar-refractivity contribution in [1.82, 2.24) is 9.47 Å². The molecule has 69 heavy (non-hydrogen) atoms. The number of halogens is 2. The Labute approximate surface area is 395 Å². The minimum atomic E-state index is -2.15. The zero-order valence-corrected chi connectivity index (χ0v) is 38.9. The number of fused-ring (bicyclic) bond motifs is 7. The van der Waals surface area contributed by atoms with Gasteiger partial charge in [-0.1, -0.05) is 25.5 Å². The fraction of sp³-hybridized carbons (Fsp3) is 0.612. The number of pyridine rings is 1. The number of anilines is 1. The average Bonchev–Trinajstić information content (AvgIpc) is 4.02. The number of Topliss-reactive ketones (excluding diaryl/α,β-unsaturated/α-hetero) is 1. The van der Waals surface area contributed by atoms with E-state index in [9.17, 15) is 48.9 Å². The van der Waals surface area contributed by atoms with Gasteiger partial charge in [0.25, 0.3) is 0 Å². The van der Waals surface area contributed by atoms with Gasteiger partial charge in [-0.25, -0.2) is 28.0 Å². The van der Waals surface area contributed by atoms with Gasteiger partial charge in [0.1, 0.15) is 30.1 Å². The molecule has 5 aliphatic carbocycles. The van der Waals surface area contributed by atoms with Crippen molar-refractivity contribution >= 4 is 52.2 Å². The highest BCUT2D eigenvalue weighted by atomic mass is 19.1. The predicted molar refractivity (Wildman–Crippen MR) is 237 cm³/mol. The number of nitrogens with zero attached hydrogens (tertiary/aromatic N) is 3. The number of methoxy groups -OCH3 is 1. The Morgan fingerprint density at radius 1 is 0.957 bits per heavy atom. The monoisotopic (exact) mass is 965 g/mol. The number of benzene rings is 1. The van der Waals surface area contributed by atoms with Crippen LogP contribution in [0.1, 0.15) is 88.5 Å². The van der Waals surface area contributed by atoms with Gasteiger partial charge in [0.15, 0.2) is 29.6 Å². The molecular weight excluding hydrogens is 909 g/mol. The number of piperidine rings is 1. The highest BCUT2D eigenvalue weighted by molar-refractivity contribution is 6.01. The fourth-order valence-corrected chi connectivity index (χ4v) is 13.2. The number of aromatic carboxylic acids is 1. The molecule has 18 nitrogen and oxygen atoms in total. The Bertz CT molecular complexity index is 2650.